The van der Waals surface area contributed by atoms with Crippen molar-refractivity contribution in [3.63, 3.8) is 0 Å². The maximum atomic E-state index is 12.0. The molecule has 1 fully saturated rings. The molecule has 1 saturated heterocycles. The van der Waals surface area contributed by atoms with E-state index >= 15 is 0 Å². The molecule has 0 aliphatic carbocycles. The Kier molecular flexibility index (Phi) is 7.73. The average Bonchev–Trinajstić information content (AvgIpc) is 3.27. The first-order valence-corrected chi connectivity index (χ1v) is 10.8. The van der Waals surface area contributed by atoms with Gasteiger partial charge in [-0.1, -0.05) is 11.3 Å². The van der Waals surface area contributed by atoms with Crippen molar-refractivity contribution in [1.82, 2.24) is 5.06 Å². The first-order valence-electron chi connectivity index (χ1n) is 7.72. The summed E-state index contributed by atoms with van der Waals surface area (Å²) in [6.45, 7) is 0. The largest absolute Gasteiger partial charge is 0.542 e. The molecule has 12 heteroatoms. The molecule has 2 amide bonds. The Labute approximate surface area is 176 Å². The van der Waals surface area contributed by atoms with Crippen molar-refractivity contribution in [2.24, 2.45) is 0 Å². The lowest BCUT2D eigenvalue weighted by Gasteiger charge is -2.12. The molecule has 1 aliphatic heterocycles. The van der Waals surface area contributed by atoms with Crippen molar-refractivity contribution in [3.8, 4) is 0 Å². The summed E-state index contributed by atoms with van der Waals surface area (Å²) in [4.78, 5) is 48.5. The molecular weight excluding hydrogens is 530 g/mol. The van der Waals surface area contributed by atoms with Gasteiger partial charge in [0.05, 0.1) is 5.56 Å². The van der Waals surface area contributed by atoms with Crippen LogP contribution in [0.1, 0.15) is 23.2 Å². The van der Waals surface area contributed by atoms with Crippen molar-refractivity contribution in [2.45, 2.75) is 19.0 Å². The van der Waals surface area contributed by atoms with Gasteiger partial charge in [0.15, 0.2) is 3.57 Å². The number of carboxylic acids is 1. The summed E-state index contributed by atoms with van der Waals surface area (Å²) in [5.74, 6) is -4.64. The minimum atomic E-state index is -5.19. The third kappa shape index (κ3) is 6.81. The summed E-state index contributed by atoms with van der Waals surface area (Å²) in [5, 5.41) is 11.4. The lowest BCUT2D eigenvalue weighted by Crippen LogP contribution is -3.61. The summed E-state index contributed by atoms with van der Waals surface area (Å²) in [5.41, 5.74) is 0.325. The van der Waals surface area contributed by atoms with E-state index in [0.29, 0.717) is 10.6 Å². The summed E-state index contributed by atoms with van der Waals surface area (Å²) in [7, 11) is 0. The fraction of sp³-hybridized carbons (Fsp3) is 0.176. The number of rotatable bonds is 4. The number of alkyl halides is 3. The van der Waals surface area contributed by atoms with Gasteiger partial charge in [-0.25, -0.2) is 4.79 Å². The normalized spacial score (nSPS) is 13.7. The van der Waals surface area contributed by atoms with E-state index in [9.17, 15) is 27.6 Å². The van der Waals surface area contributed by atoms with Gasteiger partial charge in [-0.05, 0) is 35.7 Å². The molecule has 0 unspecified atom stereocenters. The number of carboxylic acid groups (broad SMARTS) is 1. The molecule has 0 spiro atoms. The Balaban J connectivity index is 0.000000370. The zero-order valence-corrected chi connectivity index (χ0v) is 17.2. The van der Waals surface area contributed by atoms with E-state index in [2.05, 4.69) is 6.07 Å². The van der Waals surface area contributed by atoms with E-state index in [-0.39, 0.29) is 34.0 Å². The number of amides is 2. The quantitative estimate of drug-likeness (QED) is 0.341. The van der Waals surface area contributed by atoms with Crippen LogP contribution in [0.3, 0.4) is 0 Å². The number of aliphatic carboxylic acids is 1. The minimum Gasteiger partial charge on any atom is -0.542 e. The third-order valence-corrected chi connectivity index (χ3v) is 7.35. The van der Waals surface area contributed by atoms with Crippen molar-refractivity contribution in [3.05, 3.63) is 53.8 Å². The predicted molar refractivity (Wildman–Crippen MR) is 85.7 cm³/mol. The molecule has 0 radical (unpaired) electrons. The third-order valence-electron chi connectivity index (χ3n) is 3.18. The number of nitrogens with zero attached hydrogens (tertiary/aromatic N) is 1. The zero-order chi connectivity index (χ0) is 21.6. The zero-order valence-electron chi connectivity index (χ0n) is 14.3. The summed E-state index contributed by atoms with van der Waals surface area (Å²) >= 11 is 1.48. The Morgan fingerprint density at radius 1 is 1.07 bits per heavy atom. The van der Waals surface area contributed by atoms with Gasteiger partial charge in [-0.2, -0.15) is 13.2 Å². The van der Waals surface area contributed by atoms with Crippen LogP contribution in [-0.2, 0) is 19.2 Å². The molecular formula is C17H11F3INO6S. The van der Waals surface area contributed by atoms with E-state index in [0.717, 1.165) is 0 Å². The molecule has 3 rings (SSSR count). The van der Waals surface area contributed by atoms with Crippen LogP contribution in [0.4, 0.5) is 13.2 Å². The summed E-state index contributed by atoms with van der Waals surface area (Å²) in [6, 6.07) is 11.2. The molecule has 0 N–H and O–H groups in total. The molecule has 154 valence electrons. The molecule has 0 saturated carbocycles. The van der Waals surface area contributed by atoms with Gasteiger partial charge in [-0.3, -0.25) is 9.59 Å². The number of imide groups is 1. The highest BCUT2D eigenvalue weighted by molar-refractivity contribution is 7.07. The number of benzene rings is 1. The Bertz CT molecular complexity index is 883. The van der Waals surface area contributed by atoms with Gasteiger partial charge in [0.25, 0.3) is 11.8 Å². The SMILES string of the molecule is O=C(ON1C(=O)CCC1=O)c1ccc([I+]c2cccs2)cc1.O=C([O-])C(F)(F)F. The minimum absolute atomic E-state index is 0.0936. The predicted octanol–water partition coefficient (Wildman–Crippen LogP) is -1.60. The molecule has 0 bridgehead atoms. The maximum Gasteiger partial charge on any atom is 0.430 e. The average molecular weight is 541 g/mol. The standard InChI is InChI=1S/C15H11INO4S.C2HF3O2/c18-13-7-8-14(19)17(13)21-15(20)10-3-5-11(6-4-10)16-12-2-1-9-22-12;3-2(4,5)1(6)7/h1-6,9H,7-8H2;(H,6,7)/q+1;/p-1. The molecule has 7 nitrogen and oxygen atoms in total. The fourth-order valence-electron chi connectivity index (χ4n) is 1.86. The highest BCUT2D eigenvalue weighted by Crippen LogP contribution is 2.14. The van der Waals surface area contributed by atoms with Crippen LogP contribution in [0.25, 0.3) is 0 Å². The molecule has 29 heavy (non-hydrogen) atoms. The molecule has 2 aromatic rings. The number of halogens is 4. The number of carbonyl (C=O) groups excluding carboxylic acids is 4. The van der Waals surface area contributed by atoms with Crippen molar-refractivity contribution in [1.29, 1.82) is 0 Å². The van der Waals surface area contributed by atoms with Crippen LogP contribution in [0, 0.1) is 6.45 Å². The Morgan fingerprint density at radius 3 is 2.07 bits per heavy atom. The molecule has 1 aromatic carbocycles. The molecule has 2 heterocycles. The first-order chi connectivity index (χ1) is 13.6. The van der Waals surface area contributed by atoms with Crippen LogP contribution in [0.5, 0.6) is 0 Å². The molecule has 1 aromatic heterocycles. The monoisotopic (exact) mass is 541 g/mol. The molecule has 0 atom stereocenters. The van der Waals surface area contributed by atoms with Gasteiger partial charge in [0.2, 0.25) is 2.88 Å². The smallest absolute Gasteiger partial charge is 0.430 e. The van der Waals surface area contributed by atoms with E-state index in [4.69, 9.17) is 14.7 Å². The second kappa shape index (κ2) is 9.82. The Morgan fingerprint density at radius 2 is 1.62 bits per heavy atom. The van der Waals surface area contributed by atoms with Gasteiger partial charge < -0.3 is 14.7 Å². The van der Waals surface area contributed by atoms with Crippen molar-refractivity contribution < 1.29 is 63.5 Å². The number of carbonyl (C=O) groups is 4. The van der Waals surface area contributed by atoms with E-state index in [1.165, 1.54) is 6.45 Å². The maximum absolute atomic E-state index is 12.0. The van der Waals surface area contributed by atoms with E-state index in [1.54, 1.807) is 23.5 Å². The van der Waals surface area contributed by atoms with Crippen LogP contribution < -0.4 is 26.3 Å². The topological polar surface area (TPSA) is 104 Å². The van der Waals surface area contributed by atoms with Gasteiger partial charge >= 0.3 is 33.4 Å². The number of thiophene rings is 1. The number of hydroxylamine groups is 2. The van der Waals surface area contributed by atoms with Gasteiger partial charge in [0.1, 0.15) is 5.97 Å². The second-order valence-electron chi connectivity index (χ2n) is 5.26. The Hall–Kier alpha value is -2.48. The van der Waals surface area contributed by atoms with Crippen LogP contribution in [0.15, 0.2) is 41.8 Å². The first kappa shape index (κ1) is 22.8. The number of hydrogen-bond donors (Lipinski definition) is 0. The lowest BCUT2D eigenvalue weighted by molar-refractivity contribution is -0.591. The van der Waals surface area contributed by atoms with E-state index < -0.39 is 29.9 Å². The van der Waals surface area contributed by atoms with Crippen molar-refractivity contribution >= 4 is 35.1 Å². The van der Waals surface area contributed by atoms with Crippen LogP contribution in [-0.4, -0.2) is 35.0 Å². The molecule has 1 aliphatic rings. The van der Waals surface area contributed by atoms with Crippen molar-refractivity contribution in [2.75, 3.05) is 0 Å². The van der Waals surface area contributed by atoms with Gasteiger partial charge in [-0.15, -0.1) is 5.06 Å². The fourth-order valence-corrected chi connectivity index (χ4v) is 5.49. The number of hydrogen-bond acceptors (Lipinski definition) is 7. The second-order valence-corrected chi connectivity index (χ2v) is 9.89. The van der Waals surface area contributed by atoms with Crippen LogP contribution in [0.2, 0.25) is 0 Å². The highest BCUT2D eigenvalue weighted by Gasteiger charge is 2.33. The summed E-state index contributed by atoms with van der Waals surface area (Å²) in [6.07, 6.45) is -5.01. The summed E-state index contributed by atoms with van der Waals surface area (Å²) < 4.78 is 34.1. The lowest BCUT2D eigenvalue weighted by atomic mass is 10.2. The highest BCUT2D eigenvalue weighted by atomic mass is 127. The van der Waals surface area contributed by atoms with E-state index in [1.807, 2.05) is 23.6 Å². The van der Waals surface area contributed by atoms with Crippen LogP contribution >= 0.6 is 11.3 Å². The van der Waals surface area contributed by atoms with Gasteiger partial charge in [0, 0.05) is 18.9 Å².